The smallest absolute Gasteiger partial charge is 0.203 e. The Morgan fingerprint density at radius 2 is 2.10 bits per heavy atom. The number of hydrogen-bond acceptors (Lipinski definition) is 5. The molecule has 106 valence electrons. The zero-order chi connectivity index (χ0) is 14.8. The molecule has 1 atom stereocenters. The lowest BCUT2D eigenvalue weighted by atomic mass is 9.96. The first-order valence-electron chi connectivity index (χ1n) is 6.42. The van der Waals surface area contributed by atoms with Crippen LogP contribution in [0.1, 0.15) is 35.5 Å². The average molecular weight is 274 g/mol. The van der Waals surface area contributed by atoms with Gasteiger partial charge in [-0.1, -0.05) is 0 Å². The highest BCUT2D eigenvalue weighted by molar-refractivity contribution is 5.27. The van der Waals surface area contributed by atoms with E-state index in [9.17, 15) is 5.11 Å². The zero-order valence-corrected chi connectivity index (χ0v) is 11.9. The Morgan fingerprint density at radius 1 is 1.35 bits per heavy atom. The van der Waals surface area contributed by atoms with Gasteiger partial charge in [-0.25, -0.2) is 0 Å². The summed E-state index contributed by atoms with van der Waals surface area (Å²) in [6.07, 6.45) is 0. The van der Waals surface area contributed by atoms with Gasteiger partial charge in [0.2, 0.25) is 5.76 Å². The maximum atomic E-state index is 10.5. The van der Waals surface area contributed by atoms with Crippen molar-refractivity contribution in [2.24, 2.45) is 0 Å². The van der Waals surface area contributed by atoms with Gasteiger partial charge in [-0.3, -0.25) is 0 Å². The first-order chi connectivity index (χ1) is 9.42. The molecule has 5 nitrogen and oxygen atoms in total. The van der Waals surface area contributed by atoms with Crippen LogP contribution in [0, 0.1) is 25.2 Å². The van der Waals surface area contributed by atoms with Crippen LogP contribution in [-0.2, 0) is 12.1 Å². The normalized spacial score (nSPS) is 13.9. The summed E-state index contributed by atoms with van der Waals surface area (Å²) < 4.78 is 10.7. The SMILES string of the molecule is Cc1cc(C(C)(O)CNCc2ccc(C#N)o2)c(C)o1. The summed E-state index contributed by atoms with van der Waals surface area (Å²) in [7, 11) is 0. The number of furan rings is 2. The van der Waals surface area contributed by atoms with Gasteiger partial charge in [0.1, 0.15) is 29.0 Å². The van der Waals surface area contributed by atoms with E-state index in [1.165, 1.54) is 0 Å². The maximum absolute atomic E-state index is 10.5. The Bertz CT molecular complexity index is 632. The Morgan fingerprint density at radius 3 is 2.65 bits per heavy atom. The fourth-order valence-corrected chi connectivity index (χ4v) is 2.22. The molecule has 2 heterocycles. The minimum Gasteiger partial charge on any atom is -0.466 e. The predicted molar refractivity (Wildman–Crippen MR) is 72.9 cm³/mol. The molecule has 2 aromatic rings. The summed E-state index contributed by atoms with van der Waals surface area (Å²) in [5, 5.41) is 22.3. The van der Waals surface area contributed by atoms with Gasteiger partial charge >= 0.3 is 0 Å². The summed E-state index contributed by atoms with van der Waals surface area (Å²) in [6.45, 7) is 6.23. The van der Waals surface area contributed by atoms with Crippen LogP contribution in [0.15, 0.2) is 27.0 Å². The van der Waals surface area contributed by atoms with Crippen molar-refractivity contribution in [3.05, 3.63) is 46.8 Å². The molecule has 0 saturated carbocycles. The van der Waals surface area contributed by atoms with E-state index in [1.807, 2.05) is 26.0 Å². The van der Waals surface area contributed by atoms with E-state index in [1.54, 1.807) is 19.1 Å². The van der Waals surface area contributed by atoms with E-state index in [-0.39, 0.29) is 5.76 Å². The number of nitrogens with one attached hydrogen (secondary N) is 1. The molecule has 0 bridgehead atoms. The van der Waals surface area contributed by atoms with E-state index in [2.05, 4.69) is 5.32 Å². The van der Waals surface area contributed by atoms with Crippen LogP contribution in [0.2, 0.25) is 0 Å². The van der Waals surface area contributed by atoms with Crippen LogP contribution < -0.4 is 5.32 Å². The molecule has 0 aliphatic carbocycles. The Hall–Kier alpha value is -2.03. The van der Waals surface area contributed by atoms with Gasteiger partial charge < -0.3 is 19.3 Å². The Labute approximate surface area is 117 Å². The van der Waals surface area contributed by atoms with Gasteiger partial charge in [-0.15, -0.1) is 0 Å². The molecule has 0 fully saturated rings. The molecule has 2 aromatic heterocycles. The highest BCUT2D eigenvalue weighted by Crippen LogP contribution is 2.26. The molecule has 0 spiro atoms. The molecule has 0 saturated heterocycles. The standard InChI is InChI=1S/C15H18N2O3/c1-10-6-14(11(2)19-10)15(3,18)9-17-8-13-5-4-12(7-16)20-13/h4-6,17-18H,8-9H2,1-3H3. The average Bonchev–Trinajstić information content (AvgIpc) is 2.96. The molecule has 20 heavy (non-hydrogen) atoms. The first-order valence-corrected chi connectivity index (χ1v) is 6.42. The number of nitrogens with zero attached hydrogens (tertiary/aromatic N) is 1. The second-order valence-corrected chi connectivity index (χ2v) is 5.08. The third-order valence-corrected chi connectivity index (χ3v) is 3.16. The summed E-state index contributed by atoms with van der Waals surface area (Å²) in [5.41, 5.74) is -0.244. The minimum atomic E-state index is -1.02. The van der Waals surface area contributed by atoms with Crippen molar-refractivity contribution in [1.82, 2.24) is 5.32 Å². The van der Waals surface area contributed by atoms with Crippen LogP contribution in [0.4, 0.5) is 0 Å². The van der Waals surface area contributed by atoms with Gasteiger partial charge in [0.15, 0.2) is 0 Å². The van der Waals surface area contributed by atoms with Gasteiger partial charge in [-0.2, -0.15) is 5.26 Å². The third kappa shape index (κ3) is 3.10. The summed E-state index contributed by atoms with van der Waals surface area (Å²) >= 11 is 0. The molecule has 0 amide bonds. The van der Waals surface area contributed by atoms with Crippen molar-refractivity contribution in [2.75, 3.05) is 6.54 Å². The molecular weight excluding hydrogens is 256 g/mol. The van der Waals surface area contributed by atoms with Crippen LogP contribution in [-0.4, -0.2) is 11.7 Å². The predicted octanol–water partition coefficient (Wildman–Crippen LogP) is 2.36. The molecule has 0 radical (unpaired) electrons. The molecule has 0 aromatic carbocycles. The minimum absolute atomic E-state index is 0.287. The molecule has 2 rings (SSSR count). The summed E-state index contributed by atoms with van der Waals surface area (Å²) in [6, 6.07) is 7.15. The van der Waals surface area contributed by atoms with Crippen LogP contribution in [0.3, 0.4) is 0 Å². The van der Waals surface area contributed by atoms with E-state index in [0.717, 1.165) is 17.1 Å². The third-order valence-electron chi connectivity index (χ3n) is 3.16. The topological polar surface area (TPSA) is 82.3 Å². The van der Waals surface area contributed by atoms with Crippen molar-refractivity contribution in [3.63, 3.8) is 0 Å². The zero-order valence-electron chi connectivity index (χ0n) is 11.9. The molecule has 0 aliphatic heterocycles. The largest absolute Gasteiger partial charge is 0.466 e. The number of rotatable bonds is 5. The van der Waals surface area contributed by atoms with Gasteiger partial charge in [0, 0.05) is 12.1 Å². The van der Waals surface area contributed by atoms with Crippen molar-refractivity contribution >= 4 is 0 Å². The molecule has 2 N–H and O–H groups in total. The van der Waals surface area contributed by atoms with Crippen molar-refractivity contribution < 1.29 is 13.9 Å². The Kier molecular flexibility index (Phi) is 3.98. The monoisotopic (exact) mass is 274 g/mol. The molecule has 5 heteroatoms. The fraction of sp³-hybridized carbons (Fsp3) is 0.400. The molecular formula is C15H18N2O3. The second kappa shape index (κ2) is 5.53. The van der Waals surface area contributed by atoms with Gasteiger partial charge in [0.25, 0.3) is 0 Å². The number of nitriles is 1. The van der Waals surface area contributed by atoms with Gasteiger partial charge in [0.05, 0.1) is 6.54 Å². The lowest BCUT2D eigenvalue weighted by Gasteiger charge is -2.23. The van der Waals surface area contributed by atoms with E-state index in [0.29, 0.717) is 18.8 Å². The van der Waals surface area contributed by atoms with Crippen LogP contribution in [0.25, 0.3) is 0 Å². The number of hydrogen-bond donors (Lipinski definition) is 2. The number of aryl methyl sites for hydroxylation is 2. The van der Waals surface area contributed by atoms with E-state index < -0.39 is 5.60 Å². The first kappa shape index (κ1) is 14.4. The second-order valence-electron chi connectivity index (χ2n) is 5.08. The maximum Gasteiger partial charge on any atom is 0.203 e. The molecule has 0 aliphatic rings. The van der Waals surface area contributed by atoms with Gasteiger partial charge in [-0.05, 0) is 39.0 Å². The Balaban J connectivity index is 1.96. The number of aliphatic hydroxyl groups is 1. The van der Waals surface area contributed by atoms with E-state index in [4.69, 9.17) is 14.1 Å². The van der Waals surface area contributed by atoms with Crippen LogP contribution >= 0.6 is 0 Å². The lowest BCUT2D eigenvalue weighted by Crippen LogP contribution is -2.35. The summed E-state index contributed by atoms with van der Waals surface area (Å²) in [5.74, 6) is 2.45. The van der Waals surface area contributed by atoms with Crippen molar-refractivity contribution in [1.29, 1.82) is 5.26 Å². The highest BCUT2D eigenvalue weighted by atomic mass is 16.3. The highest BCUT2D eigenvalue weighted by Gasteiger charge is 2.27. The lowest BCUT2D eigenvalue weighted by molar-refractivity contribution is 0.0547. The van der Waals surface area contributed by atoms with Crippen LogP contribution in [0.5, 0.6) is 0 Å². The summed E-state index contributed by atoms with van der Waals surface area (Å²) in [4.78, 5) is 0. The van der Waals surface area contributed by atoms with Crippen molar-refractivity contribution in [2.45, 2.75) is 32.9 Å². The van der Waals surface area contributed by atoms with Crippen molar-refractivity contribution in [3.8, 4) is 6.07 Å². The fourth-order valence-electron chi connectivity index (χ4n) is 2.22. The quantitative estimate of drug-likeness (QED) is 0.874. The van der Waals surface area contributed by atoms with E-state index >= 15 is 0 Å². The molecule has 1 unspecified atom stereocenters.